The Morgan fingerprint density at radius 2 is 1.69 bits per heavy atom. The Bertz CT molecular complexity index is 1540. The van der Waals surface area contributed by atoms with Crippen LogP contribution in [0, 0.1) is 5.92 Å². The molecule has 1 aliphatic heterocycles. The summed E-state index contributed by atoms with van der Waals surface area (Å²) < 4.78 is 40.8. The third-order valence-electron chi connectivity index (χ3n) is 7.75. The van der Waals surface area contributed by atoms with Gasteiger partial charge in [0.05, 0.1) is 44.6 Å². The highest BCUT2D eigenvalue weighted by atomic mass is 32.2. The largest absolute Gasteiger partial charge is 0.493 e. The Balaban J connectivity index is 1.82. The van der Waals surface area contributed by atoms with E-state index in [1.54, 1.807) is 19.2 Å². The lowest BCUT2D eigenvalue weighted by Crippen LogP contribution is -2.47. The smallest absolute Gasteiger partial charge is 0.243 e. The molecule has 0 radical (unpaired) electrons. The summed E-state index contributed by atoms with van der Waals surface area (Å²) >= 11 is 0. The van der Waals surface area contributed by atoms with E-state index in [9.17, 15) is 22.8 Å². The van der Waals surface area contributed by atoms with Crippen LogP contribution in [-0.4, -0.2) is 65.2 Å². The Morgan fingerprint density at radius 3 is 2.26 bits per heavy atom. The highest BCUT2D eigenvalue weighted by Crippen LogP contribution is 2.50. The van der Waals surface area contributed by atoms with Crippen LogP contribution in [-0.2, 0) is 25.8 Å². The van der Waals surface area contributed by atoms with Crippen LogP contribution in [0.15, 0.2) is 29.1 Å². The van der Waals surface area contributed by atoms with E-state index in [-0.39, 0.29) is 40.4 Å². The molecule has 0 aromatic heterocycles. The van der Waals surface area contributed by atoms with Crippen molar-refractivity contribution < 1.29 is 32.2 Å². The number of rotatable bonds is 9. The molecule has 3 N–H and O–H groups in total. The van der Waals surface area contributed by atoms with Gasteiger partial charge in [-0.2, -0.15) is 0 Å². The van der Waals surface area contributed by atoms with Crippen molar-refractivity contribution in [2.24, 2.45) is 5.92 Å². The summed E-state index contributed by atoms with van der Waals surface area (Å²) in [4.78, 5) is 39.1. The van der Waals surface area contributed by atoms with Crippen LogP contribution < -0.4 is 35.6 Å². The van der Waals surface area contributed by atoms with Crippen molar-refractivity contribution in [1.29, 1.82) is 0 Å². The molecule has 2 amide bonds. The van der Waals surface area contributed by atoms with Crippen LogP contribution in [0.2, 0.25) is 0 Å². The fraction of sp³-hybridized carbons (Fsp3) is 0.500. The first-order chi connectivity index (χ1) is 19.9. The molecule has 0 saturated carbocycles. The summed E-state index contributed by atoms with van der Waals surface area (Å²) in [6.45, 7) is 5.12. The number of benzene rings is 1. The zero-order valence-corrected chi connectivity index (χ0v) is 25.6. The molecule has 2 aromatic rings. The Morgan fingerprint density at radius 1 is 0.976 bits per heavy atom. The van der Waals surface area contributed by atoms with Crippen molar-refractivity contribution in [3.63, 3.8) is 0 Å². The molecule has 11 nitrogen and oxygen atoms in total. The first-order valence-electron chi connectivity index (χ1n) is 13.9. The van der Waals surface area contributed by atoms with E-state index in [0.29, 0.717) is 47.6 Å². The molecule has 228 valence electrons. The molecule has 2 aliphatic rings. The van der Waals surface area contributed by atoms with Crippen molar-refractivity contribution in [1.82, 2.24) is 10.6 Å². The van der Waals surface area contributed by atoms with Gasteiger partial charge >= 0.3 is 0 Å². The number of sulfone groups is 1. The van der Waals surface area contributed by atoms with Crippen LogP contribution >= 0.6 is 0 Å². The molecule has 0 spiro atoms. The summed E-state index contributed by atoms with van der Waals surface area (Å²) in [6, 6.07) is 5.06. The third kappa shape index (κ3) is 6.48. The van der Waals surface area contributed by atoms with Crippen molar-refractivity contribution in [2.75, 3.05) is 38.2 Å². The van der Waals surface area contributed by atoms with Gasteiger partial charge in [-0.3, -0.25) is 14.4 Å². The van der Waals surface area contributed by atoms with Gasteiger partial charge < -0.3 is 30.2 Å². The Labute approximate surface area is 246 Å². The van der Waals surface area contributed by atoms with Crippen molar-refractivity contribution in [3.8, 4) is 28.4 Å². The van der Waals surface area contributed by atoms with Gasteiger partial charge in [0.2, 0.25) is 23.0 Å². The standard InChI is InChI=1S/C30H39N3O8S/c1-16(2)27(30(36)32-19-11-12-42(37,38)15-19)33-23-10-8-20-21(14-24(23)35)22(31-17(3)34)9-7-18-13-25(39-4)28(40-5)29(41-6)26(18)20/h8,10,13-14,16,19,22,27H,7,9,11-12,15H2,1-6H3,(H,31,34)(H,32,36)(H,33,35)/t19?,22-,27-/m0/s1. The highest BCUT2D eigenvalue weighted by molar-refractivity contribution is 7.91. The van der Waals surface area contributed by atoms with E-state index in [1.165, 1.54) is 27.2 Å². The SMILES string of the molecule is COc1cc2c(c(OC)c1OC)-c1ccc(N[C@H](C(=O)NC3CCS(=O)(=O)C3)C(C)C)c(=O)cc1[C@@H](NC(C)=O)CC2. The van der Waals surface area contributed by atoms with E-state index in [4.69, 9.17) is 14.2 Å². The van der Waals surface area contributed by atoms with Gasteiger partial charge in [-0.25, -0.2) is 8.42 Å². The second-order valence-corrected chi connectivity index (χ2v) is 13.3. The van der Waals surface area contributed by atoms with Crippen molar-refractivity contribution >= 4 is 27.3 Å². The number of carbonyl (C=O) groups excluding carboxylic acids is 2. The van der Waals surface area contributed by atoms with Gasteiger partial charge in [-0.05, 0) is 60.1 Å². The van der Waals surface area contributed by atoms with E-state index in [0.717, 1.165) is 11.1 Å². The lowest BCUT2D eigenvalue weighted by atomic mass is 9.95. The molecule has 2 aromatic carbocycles. The fourth-order valence-corrected chi connectivity index (χ4v) is 7.40. The number of nitrogens with one attached hydrogen (secondary N) is 3. The average Bonchev–Trinajstić information content (AvgIpc) is 3.10. The second-order valence-electron chi connectivity index (χ2n) is 11.1. The van der Waals surface area contributed by atoms with Crippen LogP contribution in [0.3, 0.4) is 0 Å². The normalized spacial score (nSPS) is 19.5. The summed E-state index contributed by atoms with van der Waals surface area (Å²) in [6.07, 6.45) is 1.45. The number of methoxy groups -OCH3 is 3. The molecule has 4 rings (SSSR count). The van der Waals surface area contributed by atoms with E-state index in [1.807, 2.05) is 19.9 Å². The number of fused-ring (bicyclic) bond motifs is 3. The quantitative estimate of drug-likeness (QED) is 0.394. The number of anilines is 1. The summed E-state index contributed by atoms with van der Waals surface area (Å²) in [5, 5.41) is 8.92. The lowest BCUT2D eigenvalue weighted by Gasteiger charge is -2.24. The predicted octanol–water partition coefficient (Wildman–Crippen LogP) is 2.60. The average molecular weight is 602 g/mol. The molecule has 1 saturated heterocycles. The molecular weight excluding hydrogens is 562 g/mol. The first kappa shape index (κ1) is 31.1. The Hall–Kier alpha value is -3.80. The predicted molar refractivity (Wildman–Crippen MR) is 160 cm³/mol. The minimum Gasteiger partial charge on any atom is -0.493 e. The van der Waals surface area contributed by atoms with Gasteiger partial charge in [-0.15, -0.1) is 0 Å². The van der Waals surface area contributed by atoms with Crippen LogP contribution in [0.4, 0.5) is 5.69 Å². The molecular formula is C30H39N3O8S. The zero-order valence-electron chi connectivity index (χ0n) is 24.8. The van der Waals surface area contributed by atoms with Crippen LogP contribution in [0.1, 0.15) is 50.8 Å². The molecule has 3 atom stereocenters. The summed E-state index contributed by atoms with van der Waals surface area (Å²) in [5.41, 5.74) is 2.73. The monoisotopic (exact) mass is 601 g/mol. The molecule has 1 fully saturated rings. The summed E-state index contributed by atoms with van der Waals surface area (Å²) in [5.74, 6) is 0.469. The summed E-state index contributed by atoms with van der Waals surface area (Å²) in [7, 11) is 1.43. The highest BCUT2D eigenvalue weighted by Gasteiger charge is 2.33. The maximum atomic E-state index is 13.7. The lowest BCUT2D eigenvalue weighted by molar-refractivity contribution is -0.123. The number of amides is 2. The van der Waals surface area contributed by atoms with Crippen molar-refractivity contribution in [2.45, 2.75) is 58.2 Å². The molecule has 1 unspecified atom stereocenters. The zero-order chi connectivity index (χ0) is 30.8. The third-order valence-corrected chi connectivity index (χ3v) is 9.52. The molecule has 42 heavy (non-hydrogen) atoms. The van der Waals surface area contributed by atoms with Crippen molar-refractivity contribution in [3.05, 3.63) is 45.6 Å². The topological polar surface area (TPSA) is 149 Å². The minimum absolute atomic E-state index is 0.0412. The maximum absolute atomic E-state index is 13.7. The number of ether oxygens (including phenoxy) is 3. The van der Waals surface area contributed by atoms with Crippen LogP contribution in [0.5, 0.6) is 17.2 Å². The second kappa shape index (κ2) is 12.6. The van der Waals surface area contributed by atoms with E-state index in [2.05, 4.69) is 16.0 Å². The fourth-order valence-electron chi connectivity index (χ4n) is 5.73. The molecule has 1 aliphatic carbocycles. The Kier molecular flexibility index (Phi) is 9.34. The van der Waals surface area contributed by atoms with Gasteiger partial charge in [0.1, 0.15) is 6.04 Å². The van der Waals surface area contributed by atoms with E-state index >= 15 is 0 Å². The number of hydrogen-bond donors (Lipinski definition) is 3. The maximum Gasteiger partial charge on any atom is 0.243 e. The van der Waals surface area contributed by atoms with Gasteiger partial charge in [0.25, 0.3) is 0 Å². The molecule has 1 heterocycles. The van der Waals surface area contributed by atoms with E-state index < -0.39 is 28.0 Å². The van der Waals surface area contributed by atoms with Crippen LogP contribution in [0.25, 0.3) is 11.1 Å². The van der Waals surface area contributed by atoms with Gasteiger partial charge in [0.15, 0.2) is 21.3 Å². The van der Waals surface area contributed by atoms with Gasteiger partial charge in [0, 0.05) is 18.5 Å². The van der Waals surface area contributed by atoms with Gasteiger partial charge in [-0.1, -0.05) is 19.9 Å². The number of carbonyl (C=O) groups is 2. The number of hydrogen-bond acceptors (Lipinski definition) is 9. The molecule has 0 bridgehead atoms. The number of aryl methyl sites for hydroxylation is 1. The minimum atomic E-state index is -3.17. The molecule has 12 heteroatoms. The first-order valence-corrected chi connectivity index (χ1v) is 15.8.